The summed E-state index contributed by atoms with van der Waals surface area (Å²) in [5.74, 6) is 1.38. The van der Waals surface area contributed by atoms with Crippen LogP contribution in [0.2, 0.25) is 0 Å². The Bertz CT molecular complexity index is 1070. The Balaban J connectivity index is 1.62. The van der Waals surface area contributed by atoms with Crippen molar-refractivity contribution in [2.24, 2.45) is 0 Å². The van der Waals surface area contributed by atoms with Crippen molar-refractivity contribution in [3.8, 4) is 0 Å². The van der Waals surface area contributed by atoms with Crippen molar-refractivity contribution in [2.75, 3.05) is 18.4 Å². The van der Waals surface area contributed by atoms with Crippen molar-refractivity contribution in [3.05, 3.63) is 40.5 Å². The second kappa shape index (κ2) is 6.26. The highest BCUT2D eigenvalue weighted by Gasteiger charge is 2.25. The number of likely N-dealkylation sites (N-methyl/N-ethyl adjacent to an activating group) is 1. The quantitative estimate of drug-likeness (QED) is 0.592. The van der Waals surface area contributed by atoms with Gasteiger partial charge in [-0.3, -0.25) is 9.88 Å². The number of anilines is 1. The van der Waals surface area contributed by atoms with Gasteiger partial charge in [0.05, 0.1) is 5.39 Å². The van der Waals surface area contributed by atoms with Gasteiger partial charge in [0, 0.05) is 36.9 Å². The lowest BCUT2D eigenvalue weighted by molar-refractivity contribution is 0.272. The molecule has 4 aromatic rings. The fourth-order valence-electron chi connectivity index (χ4n) is 3.46. The number of pyridine rings is 1. The number of aromatic nitrogens is 6. The lowest BCUT2D eigenvalue weighted by atomic mass is 10.0. The summed E-state index contributed by atoms with van der Waals surface area (Å²) in [4.78, 5) is 13.8. The monoisotopic (exact) mass is 366 g/mol. The van der Waals surface area contributed by atoms with Gasteiger partial charge in [-0.2, -0.15) is 9.50 Å². The third-order valence-electron chi connectivity index (χ3n) is 4.84. The van der Waals surface area contributed by atoms with Crippen LogP contribution in [0, 0.1) is 0 Å². The molecule has 132 valence electrons. The molecule has 0 fully saturated rings. The predicted octanol–water partition coefficient (Wildman–Crippen LogP) is 2.12. The van der Waals surface area contributed by atoms with E-state index in [1.54, 1.807) is 22.0 Å². The third-order valence-corrected chi connectivity index (χ3v) is 6.03. The molecule has 0 spiro atoms. The van der Waals surface area contributed by atoms with E-state index in [2.05, 4.69) is 48.7 Å². The molecule has 4 aromatic heterocycles. The molecule has 8 nitrogen and oxygen atoms in total. The van der Waals surface area contributed by atoms with Crippen LogP contribution >= 0.6 is 11.3 Å². The van der Waals surface area contributed by atoms with Crippen LogP contribution in [-0.2, 0) is 19.5 Å². The Morgan fingerprint density at radius 3 is 3.15 bits per heavy atom. The minimum absolute atomic E-state index is 0.525. The van der Waals surface area contributed by atoms with Crippen LogP contribution < -0.4 is 5.32 Å². The van der Waals surface area contributed by atoms with Gasteiger partial charge < -0.3 is 5.32 Å². The SMILES string of the molecule is CCN1CCc2c(sc3c2c(NCc2cccnc2)nc2nnnn23)C1. The summed E-state index contributed by atoms with van der Waals surface area (Å²) in [6.45, 7) is 6.00. The van der Waals surface area contributed by atoms with E-state index in [-0.39, 0.29) is 0 Å². The number of hydrogen-bond acceptors (Lipinski definition) is 8. The molecule has 5 rings (SSSR count). The number of fused-ring (bicyclic) bond motifs is 5. The molecule has 1 N–H and O–H groups in total. The summed E-state index contributed by atoms with van der Waals surface area (Å²) in [6, 6.07) is 3.99. The van der Waals surface area contributed by atoms with Crippen molar-refractivity contribution < 1.29 is 0 Å². The fraction of sp³-hybridized carbons (Fsp3) is 0.353. The van der Waals surface area contributed by atoms with Gasteiger partial charge in [0.1, 0.15) is 10.6 Å². The molecule has 0 unspecified atom stereocenters. The fourth-order valence-corrected chi connectivity index (χ4v) is 4.80. The smallest absolute Gasteiger partial charge is 0.276 e. The zero-order valence-corrected chi connectivity index (χ0v) is 15.2. The second-order valence-corrected chi connectivity index (χ2v) is 7.45. The Labute approximate surface area is 153 Å². The molecule has 0 atom stereocenters. The Hall–Kier alpha value is -2.65. The van der Waals surface area contributed by atoms with E-state index in [1.165, 1.54) is 10.4 Å². The largest absolute Gasteiger partial charge is 0.365 e. The van der Waals surface area contributed by atoms with Gasteiger partial charge >= 0.3 is 0 Å². The van der Waals surface area contributed by atoms with Crippen LogP contribution in [0.15, 0.2) is 24.5 Å². The Morgan fingerprint density at radius 2 is 2.31 bits per heavy atom. The summed E-state index contributed by atoms with van der Waals surface area (Å²) in [7, 11) is 0. The molecule has 0 aromatic carbocycles. The van der Waals surface area contributed by atoms with Gasteiger partial charge in [-0.05, 0) is 40.6 Å². The van der Waals surface area contributed by atoms with Gasteiger partial charge in [0.15, 0.2) is 0 Å². The molecule has 5 heterocycles. The molecular formula is C17H18N8S. The number of nitrogens with one attached hydrogen (secondary N) is 1. The first-order chi connectivity index (χ1) is 12.8. The number of thiophene rings is 1. The molecule has 9 heteroatoms. The van der Waals surface area contributed by atoms with Crippen LogP contribution in [0.25, 0.3) is 16.0 Å². The first-order valence-corrected chi connectivity index (χ1v) is 9.52. The molecule has 1 aliphatic rings. The van der Waals surface area contributed by atoms with Crippen molar-refractivity contribution >= 4 is 33.1 Å². The molecule has 1 aliphatic heterocycles. The first kappa shape index (κ1) is 15.6. The normalized spacial score (nSPS) is 14.8. The van der Waals surface area contributed by atoms with E-state index in [0.717, 1.165) is 47.7 Å². The van der Waals surface area contributed by atoms with Crippen molar-refractivity contribution in [1.82, 2.24) is 34.9 Å². The molecule has 0 aliphatic carbocycles. The number of nitrogens with zero attached hydrogens (tertiary/aromatic N) is 7. The first-order valence-electron chi connectivity index (χ1n) is 8.71. The maximum atomic E-state index is 4.69. The van der Waals surface area contributed by atoms with Gasteiger partial charge in [-0.25, -0.2) is 0 Å². The maximum absolute atomic E-state index is 4.69. The van der Waals surface area contributed by atoms with Crippen LogP contribution in [-0.4, -0.2) is 48.0 Å². The molecule has 0 amide bonds. The highest BCUT2D eigenvalue weighted by Crippen LogP contribution is 2.38. The van der Waals surface area contributed by atoms with E-state index in [1.807, 2.05) is 12.3 Å². The maximum Gasteiger partial charge on any atom is 0.276 e. The molecule has 0 saturated carbocycles. The van der Waals surface area contributed by atoms with E-state index in [4.69, 9.17) is 0 Å². The lowest BCUT2D eigenvalue weighted by Gasteiger charge is -2.25. The Morgan fingerprint density at radius 1 is 1.35 bits per heavy atom. The van der Waals surface area contributed by atoms with Crippen molar-refractivity contribution in [3.63, 3.8) is 0 Å². The van der Waals surface area contributed by atoms with Crippen LogP contribution in [0.1, 0.15) is 22.9 Å². The zero-order valence-electron chi connectivity index (χ0n) is 14.4. The van der Waals surface area contributed by atoms with Crippen molar-refractivity contribution in [2.45, 2.75) is 26.4 Å². The molecule has 0 radical (unpaired) electrons. The van der Waals surface area contributed by atoms with E-state index >= 15 is 0 Å². The standard InChI is InChI=1S/C17H18N8S/c1-2-24-7-5-12-13(10-24)26-16-14(12)15(20-17-21-22-23-25(16)17)19-9-11-4-3-6-18-8-11/h3-4,6,8H,2,5,7,9-10H2,1H3,(H,19,20,21,23). The van der Waals surface area contributed by atoms with E-state index < -0.39 is 0 Å². The molecule has 0 bridgehead atoms. The van der Waals surface area contributed by atoms with E-state index in [9.17, 15) is 0 Å². The number of tetrazole rings is 1. The van der Waals surface area contributed by atoms with Crippen LogP contribution in [0.3, 0.4) is 0 Å². The minimum atomic E-state index is 0.525. The highest BCUT2D eigenvalue weighted by molar-refractivity contribution is 7.19. The van der Waals surface area contributed by atoms with Gasteiger partial charge in [-0.1, -0.05) is 18.1 Å². The summed E-state index contributed by atoms with van der Waals surface area (Å²) in [6.07, 6.45) is 4.67. The summed E-state index contributed by atoms with van der Waals surface area (Å²) in [5.41, 5.74) is 2.50. The predicted molar refractivity (Wildman–Crippen MR) is 100 cm³/mol. The minimum Gasteiger partial charge on any atom is -0.365 e. The number of rotatable bonds is 4. The second-order valence-electron chi connectivity index (χ2n) is 6.37. The number of hydrogen-bond donors (Lipinski definition) is 1. The summed E-state index contributed by atoms with van der Waals surface area (Å²) >= 11 is 1.78. The topological polar surface area (TPSA) is 84.1 Å². The van der Waals surface area contributed by atoms with Gasteiger partial charge in [0.25, 0.3) is 5.78 Å². The van der Waals surface area contributed by atoms with Crippen molar-refractivity contribution in [1.29, 1.82) is 0 Å². The molecular weight excluding hydrogens is 348 g/mol. The van der Waals surface area contributed by atoms with Gasteiger partial charge in [-0.15, -0.1) is 11.3 Å². The average Bonchev–Trinajstić information content (AvgIpc) is 3.30. The lowest BCUT2D eigenvalue weighted by Crippen LogP contribution is -2.29. The van der Waals surface area contributed by atoms with Crippen LogP contribution in [0.4, 0.5) is 5.82 Å². The summed E-state index contributed by atoms with van der Waals surface area (Å²) in [5, 5.41) is 16.6. The molecule has 26 heavy (non-hydrogen) atoms. The summed E-state index contributed by atoms with van der Waals surface area (Å²) < 4.78 is 1.75. The average molecular weight is 366 g/mol. The van der Waals surface area contributed by atoms with E-state index in [0.29, 0.717) is 12.3 Å². The zero-order chi connectivity index (χ0) is 17.5. The van der Waals surface area contributed by atoms with Gasteiger partial charge in [0.2, 0.25) is 0 Å². The molecule has 0 saturated heterocycles. The van der Waals surface area contributed by atoms with Crippen LogP contribution in [0.5, 0.6) is 0 Å². The Kier molecular flexibility index (Phi) is 3.75. The highest BCUT2D eigenvalue weighted by atomic mass is 32.1. The third kappa shape index (κ3) is 2.51.